The van der Waals surface area contributed by atoms with E-state index >= 15 is 0 Å². The van der Waals surface area contributed by atoms with Crippen LogP contribution in [-0.2, 0) is 25.7 Å². The average molecular weight is 356 g/mol. The van der Waals surface area contributed by atoms with E-state index < -0.39 is 47.3 Å². The molecule has 1 aromatic rings. The van der Waals surface area contributed by atoms with Gasteiger partial charge in [0.25, 0.3) is 0 Å². The van der Waals surface area contributed by atoms with Crippen molar-refractivity contribution in [3.05, 3.63) is 46.8 Å². The Bertz CT molecular complexity index is 714. The monoisotopic (exact) mass is 356 g/mol. The van der Waals surface area contributed by atoms with E-state index in [1.807, 2.05) is 13.8 Å². The van der Waals surface area contributed by atoms with Gasteiger partial charge in [-0.2, -0.15) is 0 Å². The molecule has 7 heteroatoms. The number of methoxy groups -OCH3 is 1. The first-order valence-electron chi connectivity index (χ1n) is 7.67. The SMILES string of the molecule is COC(=O)C=CC1C(C(=O)OCc2c(C)c(F)cc(F)c2F)C1(C)C. The molecule has 1 fully saturated rings. The van der Waals surface area contributed by atoms with Crippen molar-refractivity contribution < 1.29 is 32.2 Å². The van der Waals surface area contributed by atoms with Crippen LogP contribution in [0.25, 0.3) is 0 Å². The van der Waals surface area contributed by atoms with Gasteiger partial charge in [-0.05, 0) is 23.8 Å². The van der Waals surface area contributed by atoms with Crippen molar-refractivity contribution in [2.75, 3.05) is 7.11 Å². The standard InChI is InChI=1S/C18H19F3O4/c1-9-10(16(21)13(20)7-12(9)19)8-25-17(23)15-11(18(15,2)3)5-6-14(22)24-4/h5-7,11,15H,8H2,1-4H3. The second kappa shape index (κ2) is 6.90. The maximum Gasteiger partial charge on any atom is 0.330 e. The number of benzene rings is 1. The van der Waals surface area contributed by atoms with Crippen LogP contribution in [0.1, 0.15) is 25.0 Å². The molecule has 0 N–H and O–H groups in total. The molecule has 25 heavy (non-hydrogen) atoms. The molecule has 1 aliphatic rings. The molecule has 2 atom stereocenters. The first kappa shape index (κ1) is 19.0. The molecule has 2 rings (SSSR count). The molecule has 0 amide bonds. The molecule has 0 heterocycles. The Morgan fingerprint density at radius 3 is 2.48 bits per heavy atom. The topological polar surface area (TPSA) is 52.6 Å². The molecule has 4 nitrogen and oxygen atoms in total. The highest BCUT2D eigenvalue weighted by molar-refractivity contribution is 5.83. The highest BCUT2D eigenvalue weighted by atomic mass is 19.2. The van der Waals surface area contributed by atoms with Crippen molar-refractivity contribution in [1.29, 1.82) is 0 Å². The molecule has 0 radical (unpaired) electrons. The van der Waals surface area contributed by atoms with E-state index in [0.29, 0.717) is 6.07 Å². The number of hydrogen-bond donors (Lipinski definition) is 0. The van der Waals surface area contributed by atoms with E-state index in [-0.39, 0.29) is 17.0 Å². The Hall–Kier alpha value is -2.31. The van der Waals surface area contributed by atoms with Gasteiger partial charge in [-0.25, -0.2) is 18.0 Å². The van der Waals surface area contributed by atoms with E-state index in [9.17, 15) is 22.8 Å². The zero-order valence-corrected chi connectivity index (χ0v) is 14.4. The van der Waals surface area contributed by atoms with Crippen molar-refractivity contribution in [3.63, 3.8) is 0 Å². The number of carbonyl (C=O) groups is 2. The minimum absolute atomic E-state index is 0.108. The number of esters is 2. The molecular weight excluding hydrogens is 337 g/mol. The minimum Gasteiger partial charge on any atom is -0.466 e. The van der Waals surface area contributed by atoms with Gasteiger partial charge >= 0.3 is 11.9 Å². The number of carbonyl (C=O) groups excluding carboxylic acids is 2. The summed E-state index contributed by atoms with van der Waals surface area (Å²) in [5.41, 5.74) is -0.877. The summed E-state index contributed by atoms with van der Waals surface area (Å²) in [6, 6.07) is 0.452. The quantitative estimate of drug-likeness (QED) is 0.461. The minimum atomic E-state index is -1.33. The van der Waals surface area contributed by atoms with Gasteiger partial charge in [0.2, 0.25) is 0 Å². The molecule has 0 aromatic heterocycles. The molecule has 2 unspecified atom stereocenters. The molecular formula is C18H19F3O4. The third-order valence-corrected chi connectivity index (χ3v) is 4.70. The van der Waals surface area contributed by atoms with Crippen LogP contribution < -0.4 is 0 Å². The molecule has 0 aliphatic heterocycles. The normalized spacial score (nSPS) is 21.2. The van der Waals surface area contributed by atoms with Crippen LogP contribution >= 0.6 is 0 Å². The third-order valence-electron chi connectivity index (χ3n) is 4.70. The van der Waals surface area contributed by atoms with Crippen LogP contribution in [0, 0.1) is 41.6 Å². The average Bonchev–Trinajstić information content (AvgIpc) is 3.11. The first-order chi connectivity index (χ1) is 11.6. The number of rotatable bonds is 5. The summed E-state index contributed by atoms with van der Waals surface area (Å²) in [4.78, 5) is 23.4. The fraction of sp³-hybridized carbons (Fsp3) is 0.444. The summed E-state index contributed by atoms with van der Waals surface area (Å²) in [5.74, 6) is -5.40. The lowest BCUT2D eigenvalue weighted by Crippen LogP contribution is -2.13. The van der Waals surface area contributed by atoms with E-state index in [2.05, 4.69) is 4.74 Å². The molecule has 0 saturated heterocycles. The molecule has 1 saturated carbocycles. The van der Waals surface area contributed by atoms with Gasteiger partial charge in [0.05, 0.1) is 13.0 Å². The molecule has 136 valence electrons. The van der Waals surface area contributed by atoms with Gasteiger partial charge in [0, 0.05) is 17.7 Å². The Labute approximate surface area is 143 Å². The summed E-state index contributed by atoms with van der Waals surface area (Å²) in [5, 5.41) is 0. The summed E-state index contributed by atoms with van der Waals surface area (Å²) in [6.45, 7) is 4.35. The van der Waals surface area contributed by atoms with Crippen LogP contribution in [-0.4, -0.2) is 19.0 Å². The molecule has 0 bridgehead atoms. The van der Waals surface area contributed by atoms with Crippen molar-refractivity contribution in [1.82, 2.24) is 0 Å². The van der Waals surface area contributed by atoms with E-state index in [1.165, 1.54) is 20.1 Å². The fourth-order valence-electron chi connectivity index (χ4n) is 2.88. The van der Waals surface area contributed by atoms with Gasteiger partial charge < -0.3 is 9.47 Å². The van der Waals surface area contributed by atoms with Crippen molar-refractivity contribution >= 4 is 11.9 Å². The summed E-state index contributed by atoms with van der Waals surface area (Å²) in [7, 11) is 1.24. The lowest BCUT2D eigenvalue weighted by Gasteiger charge is -2.10. The van der Waals surface area contributed by atoms with Crippen LogP contribution in [0.3, 0.4) is 0 Å². The predicted molar refractivity (Wildman–Crippen MR) is 82.8 cm³/mol. The Morgan fingerprint density at radius 2 is 1.88 bits per heavy atom. The van der Waals surface area contributed by atoms with Crippen LogP contribution in [0.2, 0.25) is 0 Å². The molecule has 1 aliphatic carbocycles. The Kier molecular flexibility index (Phi) is 5.25. The lowest BCUT2D eigenvalue weighted by molar-refractivity contribution is -0.147. The second-order valence-corrected chi connectivity index (χ2v) is 6.57. The third kappa shape index (κ3) is 3.70. The fourth-order valence-corrected chi connectivity index (χ4v) is 2.88. The lowest BCUT2D eigenvalue weighted by atomic mass is 10.1. The number of halogens is 3. The molecule has 0 spiro atoms. The van der Waals surface area contributed by atoms with Gasteiger partial charge in [0.1, 0.15) is 12.4 Å². The van der Waals surface area contributed by atoms with Crippen molar-refractivity contribution in [2.45, 2.75) is 27.4 Å². The summed E-state index contributed by atoms with van der Waals surface area (Å²) < 4.78 is 50.2. The number of ether oxygens (including phenoxy) is 2. The first-order valence-corrected chi connectivity index (χ1v) is 7.67. The highest BCUT2D eigenvalue weighted by Gasteiger charge is 2.61. The predicted octanol–water partition coefficient (Wildman–Crippen LogP) is 3.46. The summed E-state index contributed by atoms with van der Waals surface area (Å²) >= 11 is 0. The number of hydrogen-bond acceptors (Lipinski definition) is 4. The molecule has 1 aromatic carbocycles. The van der Waals surface area contributed by atoms with Crippen LogP contribution in [0.15, 0.2) is 18.2 Å². The smallest absolute Gasteiger partial charge is 0.330 e. The zero-order valence-electron chi connectivity index (χ0n) is 14.4. The summed E-state index contributed by atoms with van der Waals surface area (Å²) in [6.07, 6.45) is 2.79. The Balaban J connectivity index is 2.07. The Morgan fingerprint density at radius 1 is 1.24 bits per heavy atom. The maximum absolute atomic E-state index is 13.8. The van der Waals surface area contributed by atoms with E-state index in [0.717, 1.165) is 0 Å². The van der Waals surface area contributed by atoms with Gasteiger partial charge in [-0.3, -0.25) is 4.79 Å². The van der Waals surface area contributed by atoms with Crippen LogP contribution in [0.4, 0.5) is 13.2 Å². The van der Waals surface area contributed by atoms with Crippen molar-refractivity contribution in [3.8, 4) is 0 Å². The van der Waals surface area contributed by atoms with E-state index in [1.54, 1.807) is 6.08 Å². The van der Waals surface area contributed by atoms with E-state index in [4.69, 9.17) is 4.74 Å². The maximum atomic E-state index is 13.8. The number of allylic oxidation sites excluding steroid dienone is 1. The van der Waals surface area contributed by atoms with Gasteiger partial charge in [0.15, 0.2) is 11.6 Å². The van der Waals surface area contributed by atoms with Crippen molar-refractivity contribution in [2.24, 2.45) is 17.3 Å². The van der Waals surface area contributed by atoms with Crippen LogP contribution in [0.5, 0.6) is 0 Å². The highest BCUT2D eigenvalue weighted by Crippen LogP contribution is 2.59. The largest absolute Gasteiger partial charge is 0.466 e. The second-order valence-electron chi connectivity index (χ2n) is 6.57. The van der Waals surface area contributed by atoms with Gasteiger partial charge in [-0.15, -0.1) is 0 Å². The van der Waals surface area contributed by atoms with Gasteiger partial charge in [-0.1, -0.05) is 19.9 Å². The zero-order chi connectivity index (χ0) is 18.9.